The number of carbonyl (C=O) groups excluding carboxylic acids is 1. The van der Waals surface area contributed by atoms with Gasteiger partial charge in [-0.2, -0.15) is 0 Å². The highest BCUT2D eigenvalue weighted by Crippen LogP contribution is 2.17. The molecule has 0 saturated carbocycles. The molecule has 1 N–H and O–H groups in total. The maximum Gasteiger partial charge on any atom is 0.251 e. The Labute approximate surface area is 132 Å². The Morgan fingerprint density at radius 3 is 2.87 bits per heavy atom. The lowest BCUT2D eigenvalue weighted by Crippen LogP contribution is -2.17. The number of nitrogens with zero attached hydrogens (tertiary/aromatic N) is 4. The van der Waals surface area contributed by atoms with E-state index in [0.717, 1.165) is 11.3 Å². The molecule has 7 heteroatoms. The summed E-state index contributed by atoms with van der Waals surface area (Å²) in [6.07, 6.45) is 1.52. The summed E-state index contributed by atoms with van der Waals surface area (Å²) in [6.45, 7) is 0.365. The molecule has 0 radical (unpaired) electrons. The fourth-order valence-electron chi connectivity index (χ4n) is 2.11. The maximum atomic E-state index is 11.6. The summed E-state index contributed by atoms with van der Waals surface area (Å²) in [7, 11) is 1.61. The molecular weight excluding hydrogens is 294 g/mol. The topological polar surface area (TPSA) is 81.9 Å². The first kappa shape index (κ1) is 14.7. The summed E-state index contributed by atoms with van der Waals surface area (Å²) in [5.41, 5.74) is 2.33. The zero-order valence-electron chi connectivity index (χ0n) is 12.5. The Balaban J connectivity index is 1.71. The molecule has 23 heavy (non-hydrogen) atoms. The van der Waals surface area contributed by atoms with Crippen LogP contribution < -0.4 is 10.1 Å². The lowest BCUT2D eigenvalue weighted by Gasteiger charge is -2.09. The Morgan fingerprint density at radius 1 is 1.22 bits per heavy atom. The number of tetrazole rings is 1. The fourth-order valence-corrected chi connectivity index (χ4v) is 2.11. The quantitative estimate of drug-likeness (QED) is 0.774. The van der Waals surface area contributed by atoms with E-state index in [1.807, 2.05) is 42.5 Å². The van der Waals surface area contributed by atoms with Crippen molar-refractivity contribution in [1.82, 2.24) is 25.5 Å². The van der Waals surface area contributed by atoms with Crippen molar-refractivity contribution < 1.29 is 9.53 Å². The minimum Gasteiger partial charge on any atom is -0.489 e. The van der Waals surface area contributed by atoms with Gasteiger partial charge in [0.2, 0.25) is 0 Å². The number of hydrogen-bond donors (Lipinski definition) is 1. The minimum absolute atomic E-state index is 0.118. The van der Waals surface area contributed by atoms with E-state index in [1.165, 1.54) is 6.33 Å². The second kappa shape index (κ2) is 6.69. The molecule has 7 nitrogen and oxygen atoms in total. The fraction of sp³-hybridized carbons (Fsp3) is 0.125. The van der Waals surface area contributed by atoms with Crippen molar-refractivity contribution in [3.05, 3.63) is 66.0 Å². The molecule has 0 aliphatic carbocycles. The first-order chi connectivity index (χ1) is 11.3. The van der Waals surface area contributed by atoms with E-state index in [9.17, 15) is 4.79 Å². The summed E-state index contributed by atoms with van der Waals surface area (Å²) >= 11 is 0. The van der Waals surface area contributed by atoms with Crippen LogP contribution in [0, 0.1) is 0 Å². The lowest BCUT2D eigenvalue weighted by atomic mass is 10.1. The lowest BCUT2D eigenvalue weighted by molar-refractivity contribution is 0.0963. The summed E-state index contributed by atoms with van der Waals surface area (Å²) in [6, 6.07) is 14.8. The third-order valence-corrected chi connectivity index (χ3v) is 3.25. The zero-order valence-corrected chi connectivity index (χ0v) is 12.5. The highest BCUT2D eigenvalue weighted by atomic mass is 16.5. The molecule has 0 atom stereocenters. The highest BCUT2D eigenvalue weighted by molar-refractivity contribution is 5.94. The Hall–Kier alpha value is -3.22. The van der Waals surface area contributed by atoms with Crippen molar-refractivity contribution in [2.75, 3.05) is 7.05 Å². The molecule has 116 valence electrons. The van der Waals surface area contributed by atoms with E-state index in [4.69, 9.17) is 4.74 Å². The number of carbonyl (C=O) groups is 1. The van der Waals surface area contributed by atoms with Gasteiger partial charge >= 0.3 is 0 Å². The summed E-state index contributed by atoms with van der Waals surface area (Å²) in [5, 5.41) is 13.7. The predicted octanol–water partition coefficient (Wildman–Crippen LogP) is 1.60. The van der Waals surface area contributed by atoms with Crippen LogP contribution in [0.1, 0.15) is 15.9 Å². The first-order valence-corrected chi connectivity index (χ1v) is 7.03. The molecule has 0 fully saturated rings. The number of rotatable bonds is 5. The van der Waals surface area contributed by atoms with Gasteiger partial charge in [-0.05, 0) is 40.3 Å². The van der Waals surface area contributed by atoms with E-state index in [0.29, 0.717) is 17.9 Å². The van der Waals surface area contributed by atoms with Crippen LogP contribution in [-0.2, 0) is 6.61 Å². The van der Waals surface area contributed by atoms with Gasteiger partial charge in [-0.3, -0.25) is 4.79 Å². The van der Waals surface area contributed by atoms with E-state index in [1.54, 1.807) is 17.8 Å². The van der Waals surface area contributed by atoms with Crippen LogP contribution in [0.4, 0.5) is 0 Å². The van der Waals surface area contributed by atoms with Gasteiger partial charge in [-0.1, -0.05) is 18.2 Å². The van der Waals surface area contributed by atoms with Crippen molar-refractivity contribution in [2.45, 2.75) is 6.61 Å². The van der Waals surface area contributed by atoms with Crippen LogP contribution in [0.5, 0.6) is 5.75 Å². The van der Waals surface area contributed by atoms with Crippen molar-refractivity contribution in [3.8, 4) is 11.4 Å². The van der Waals surface area contributed by atoms with E-state index < -0.39 is 0 Å². The van der Waals surface area contributed by atoms with Gasteiger partial charge in [-0.25, -0.2) is 4.68 Å². The second-order valence-corrected chi connectivity index (χ2v) is 4.82. The number of aromatic nitrogens is 4. The smallest absolute Gasteiger partial charge is 0.251 e. The number of benzene rings is 2. The van der Waals surface area contributed by atoms with Gasteiger partial charge < -0.3 is 10.1 Å². The zero-order chi connectivity index (χ0) is 16.1. The van der Waals surface area contributed by atoms with Crippen LogP contribution >= 0.6 is 0 Å². The molecule has 0 aliphatic rings. The normalized spacial score (nSPS) is 10.3. The molecule has 3 rings (SSSR count). The monoisotopic (exact) mass is 309 g/mol. The third kappa shape index (κ3) is 3.52. The average Bonchev–Trinajstić information content (AvgIpc) is 3.14. The Bertz CT molecular complexity index is 802. The number of amides is 1. The van der Waals surface area contributed by atoms with Crippen molar-refractivity contribution in [1.29, 1.82) is 0 Å². The molecule has 0 aliphatic heterocycles. The molecule has 0 saturated heterocycles. The van der Waals surface area contributed by atoms with Crippen molar-refractivity contribution >= 4 is 5.91 Å². The summed E-state index contributed by atoms with van der Waals surface area (Å²) < 4.78 is 7.34. The van der Waals surface area contributed by atoms with Crippen molar-refractivity contribution in [3.63, 3.8) is 0 Å². The van der Waals surface area contributed by atoms with Gasteiger partial charge in [0.15, 0.2) is 0 Å². The molecule has 1 heterocycles. The largest absolute Gasteiger partial charge is 0.489 e. The molecule has 0 bridgehead atoms. The van der Waals surface area contributed by atoms with Crippen LogP contribution in [0.25, 0.3) is 5.69 Å². The minimum atomic E-state index is -0.118. The number of hydrogen-bond acceptors (Lipinski definition) is 5. The molecule has 1 aromatic heterocycles. The Morgan fingerprint density at radius 2 is 2.09 bits per heavy atom. The first-order valence-electron chi connectivity index (χ1n) is 7.03. The van der Waals surface area contributed by atoms with E-state index in [-0.39, 0.29) is 5.91 Å². The van der Waals surface area contributed by atoms with Crippen LogP contribution in [0.15, 0.2) is 54.9 Å². The standard InChI is InChI=1S/C16H15N5O2/c1-17-16(22)13-5-2-4-12(8-13)10-23-15-7-3-6-14(9-15)21-11-18-19-20-21/h2-9,11H,10H2,1H3,(H,17,22). The molecule has 1 amide bonds. The van der Waals surface area contributed by atoms with Gasteiger partial charge in [0.25, 0.3) is 5.91 Å². The second-order valence-electron chi connectivity index (χ2n) is 4.82. The van der Waals surface area contributed by atoms with Gasteiger partial charge in [0.05, 0.1) is 5.69 Å². The predicted molar refractivity (Wildman–Crippen MR) is 83.3 cm³/mol. The van der Waals surface area contributed by atoms with Crippen molar-refractivity contribution in [2.24, 2.45) is 0 Å². The molecule has 0 unspecified atom stereocenters. The number of nitrogens with one attached hydrogen (secondary N) is 1. The van der Waals surface area contributed by atoms with E-state index >= 15 is 0 Å². The van der Waals surface area contributed by atoms with Gasteiger partial charge in [0, 0.05) is 18.7 Å². The molecule has 2 aromatic carbocycles. The SMILES string of the molecule is CNC(=O)c1cccc(COc2cccc(-n3cnnn3)c2)c1. The Kier molecular flexibility index (Phi) is 4.28. The summed E-state index contributed by atoms with van der Waals surface area (Å²) in [5.74, 6) is 0.580. The van der Waals surface area contributed by atoms with Crippen LogP contribution in [0.3, 0.4) is 0 Å². The summed E-state index contributed by atoms with van der Waals surface area (Å²) in [4.78, 5) is 11.6. The molecular formula is C16H15N5O2. The average molecular weight is 309 g/mol. The maximum absolute atomic E-state index is 11.6. The number of ether oxygens (including phenoxy) is 1. The van der Waals surface area contributed by atoms with Crippen LogP contribution in [-0.4, -0.2) is 33.2 Å². The van der Waals surface area contributed by atoms with E-state index in [2.05, 4.69) is 20.8 Å². The third-order valence-electron chi connectivity index (χ3n) is 3.25. The highest BCUT2D eigenvalue weighted by Gasteiger charge is 2.05. The van der Waals surface area contributed by atoms with Gasteiger partial charge in [0.1, 0.15) is 18.7 Å². The molecule has 3 aromatic rings. The van der Waals surface area contributed by atoms with Gasteiger partial charge in [-0.15, -0.1) is 5.10 Å². The molecule has 0 spiro atoms. The van der Waals surface area contributed by atoms with Crippen LogP contribution in [0.2, 0.25) is 0 Å².